The molecule has 102 valence electrons. The fourth-order valence-electron chi connectivity index (χ4n) is 1.55. The van der Waals surface area contributed by atoms with Crippen molar-refractivity contribution < 1.29 is 18.9 Å². The summed E-state index contributed by atoms with van der Waals surface area (Å²) in [4.78, 5) is 0. The van der Waals surface area contributed by atoms with Gasteiger partial charge in [-0.15, -0.1) is 0 Å². The van der Waals surface area contributed by atoms with E-state index >= 15 is 0 Å². The number of ether oxygens (including phenoxy) is 4. The zero-order chi connectivity index (χ0) is 12.3. The molecular weight excluding hydrogens is 222 g/mol. The lowest BCUT2D eigenvalue weighted by molar-refractivity contribution is -0.0162. The highest BCUT2D eigenvalue weighted by atomic mass is 16.6. The van der Waals surface area contributed by atoms with Gasteiger partial charge in [0, 0.05) is 13.1 Å². The summed E-state index contributed by atoms with van der Waals surface area (Å²) in [6.45, 7) is 9.54. The van der Waals surface area contributed by atoms with Crippen molar-refractivity contribution in [1.82, 2.24) is 5.32 Å². The van der Waals surface area contributed by atoms with Crippen LogP contribution in [-0.4, -0.2) is 64.9 Å². The molecule has 1 aliphatic rings. The molecule has 1 rings (SSSR count). The summed E-state index contributed by atoms with van der Waals surface area (Å²) in [7, 11) is 0. The van der Waals surface area contributed by atoms with E-state index in [2.05, 4.69) is 19.2 Å². The standard InChI is InChI=1S/C12H25NO4/c1-11-9-13-10-12(2)17-8-6-15-4-3-14-5-7-16-11/h11-13H,3-10H2,1-2H3. The average molecular weight is 247 g/mol. The monoisotopic (exact) mass is 247 g/mol. The molecule has 0 spiro atoms. The van der Waals surface area contributed by atoms with E-state index < -0.39 is 0 Å². The first-order valence-corrected chi connectivity index (χ1v) is 6.38. The summed E-state index contributed by atoms with van der Waals surface area (Å²) in [5.41, 5.74) is 0. The first-order chi connectivity index (χ1) is 8.29. The van der Waals surface area contributed by atoms with E-state index in [1.807, 2.05) is 0 Å². The summed E-state index contributed by atoms with van der Waals surface area (Å²) in [6, 6.07) is 0. The quantitative estimate of drug-likeness (QED) is 0.673. The van der Waals surface area contributed by atoms with E-state index in [4.69, 9.17) is 18.9 Å². The lowest BCUT2D eigenvalue weighted by Gasteiger charge is -2.16. The van der Waals surface area contributed by atoms with Gasteiger partial charge < -0.3 is 24.3 Å². The molecule has 1 heterocycles. The van der Waals surface area contributed by atoms with Crippen LogP contribution in [0.2, 0.25) is 0 Å². The maximum absolute atomic E-state index is 5.58. The number of rotatable bonds is 0. The Labute approximate surface area is 104 Å². The highest BCUT2D eigenvalue weighted by Gasteiger charge is 2.05. The number of hydrogen-bond donors (Lipinski definition) is 1. The normalized spacial score (nSPS) is 31.4. The Kier molecular flexibility index (Phi) is 8.56. The molecule has 0 radical (unpaired) electrons. The summed E-state index contributed by atoms with van der Waals surface area (Å²) in [6.07, 6.45) is 0.402. The van der Waals surface area contributed by atoms with E-state index in [0.29, 0.717) is 39.6 Å². The Morgan fingerprint density at radius 2 is 1.12 bits per heavy atom. The minimum Gasteiger partial charge on any atom is -0.377 e. The van der Waals surface area contributed by atoms with Gasteiger partial charge in [-0.05, 0) is 13.8 Å². The molecule has 0 bridgehead atoms. The van der Waals surface area contributed by atoms with E-state index in [1.165, 1.54) is 0 Å². The minimum absolute atomic E-state index is 0.201. The van der Waals surface area contributed by atoms with Crippen LogP contribution in [0.4, 0.5) is 0 Å². The highest BCUT2D eigenvalue weighted by Crippen LogP contribution is 1.93. The van der Waals surface area contributed by atoms with Crippen molar-refractivity contribution in [3.8, 4) is 0 Å². The van der Waals surface area contributed by atoms with Crippen LogP contribution in [0.25, 0.3) is 0 Å². The summed E-state index contributed by atoms with van der Waals surface area (Å²) in [5.74, 6) is 0. The van der Waals surface area contributed by atoms with Crippen molar-refractivity contribution >= 4 is 0 Å². The summed E-state index contributed by atoms with van der Waals surface area (Å²) >= 11 is 0. The molecule has 0 aromatic rings. The van der Waals surface area contributed by atoms with E-state index in [-0.39, 0.29) is 12.2 Å². The molecule has 1 fully saturated rings. The van der Waals surface area contributed by atoms with Crippen molar-refractivity contribution in [3.05, 3.63) is 0 Å². The average Bonchev–Trinajstić information content (AvgIpc) is 2.31. The third kappa shape index (κ3) is 8.51. The molecule has 0 saturated carbocycles. The van der Waals surface area contributed by atoms with Crippen LogP contribution in [0.3, 0.4) is 0 Å². The lowest BCUT2D eigenvalue weighted by Crippen LogP contribution is -2.34. The van der Waals surface area contributed by atoms with Crippen LogP contribution in [0, 0.1) is 0 Å². The molecular formula is C12H25NO4. The van der Waals surface area contributed by atoms with Crippen molar-refractivity contribution in [1.29, 1.82) is 0 Å². The van der Waals surface area contributed by atoms with Crippen molar-refractivity contribution in [2.45, 2.75) is 26.1 Å². The van der Waals surface area contributed by atoms with Gasteiger partial charge in [0.2, 0.25) is 0 Å². The molecule has 0 amide bonds. The lowest BCUT2D eigenvalue weighted by atomic mass is 10.3. The van der Waals surface area contributed by atoms with Crippen molar-refractivity contribution in [2.75, 3.05) is 52.7 Å². The van der Waals surface area contributed by atoms with E-state index in [0.717, 1.165) is 13.1 Å². The van der Waals surface area contributed by atoms with Crippen LogP contribution in [0.1, 0.15) is 13.8 Å². The number of nitrogens with one attached hydrogen (secondary N) is 1. The predicted molar refractivity (Wildman–Crippen MR) is 65.3 cm³/mol. The second-order valence-corrected chi connectivity index (χ2v) is 4.25. The SMILES string of the molecule is CC1CNCC(C)OCCOCCOCCO1. The largest absolute Gasteiger partial charge is 0.377 e. The third-order valence-electron chi connectivity index (χ3n) is 2.50. The molecule has 5 nitrogen and oxygen atoms in total. The first-order valence-electron chi connectivity index (χ1n) is 6.38. The Morgan fingerprint density at radius 1 is 0.706 bits per heavy atom. The molecule has 2 unspecified atom stereocenters. The second kappa shape index (κ2) is 9.79. The van der Waals surface area contributed by atoms with E-state index in [9.17, 15) is 0 Å². The molecule has 2 atom stereocenters. The van der Waals surface area contributed by atoms with Crippen LogP contribution in [0.15, 0.2) is 0 Å². The zero-order valence-corrected chi connectivity index (χ0v) is 10.9. The van der Waals surface area contributed by atoms with Gasteiger partial charge in [0.1, 0.15) is 0 Å². The van der Waals surface area contributed by atoms with Gasteiger partial charge in [0.15, 0.2) is 0 Å². The van der Waals surface area contributed by atoms with E-state index in [1.54, 1.807) is 0 Å². The fourth-order valence-corrected chi connectivity index (χ4v) is 1.55. The van der Waals surface area contributed by atoms with Crippen molar-refractivity contribution in [3.63, 3.8) is 0 Å². The van der Waals surface area contributed by atoms with Crippen LogP contribution >= 0.6 is 0 Å². The zero-order valence-electron chi connectivity index (χ0n) is 10.9. The van der Waals surface area contributed by atoms with Gasteiger partial charge in [-0.3, -0.25) is 0 Å². The Bertz CT molecular complexity index is 162. The maximum Gasteiger partial charge on any atom is 0.0704 e. The molecule has 0 aromatic heterocycles. The van der Waals surface area contributed by atoms with Crippen LogP contribution in [0.5, 0.6) is 0 Å². The molecule has 1 saturated heterocycles. The molecule has 1 aliphatic heterocycles. The Morgan fingerprint density at radius 3 is 1.59 bits per heavy atom. The Balaban J connectivity index is 2.20. The predicted octanol–water partition coefficient (Wildman–Crippen LogP) is 0.433. The topological polar surface area (TPSA) is 49.0 Å². The smallest absolute Gasteiger partial charge is 0.0704 e. The van der Waals surface area contributed by atoms with Gasteiger partial charge in [-0.1, -0.05) is 0 Å². The first kappa shape index (κ1) is 14.9. The Hall–Kier alpha value is -0.200. The highest BCUT2D eigenvalue weighted by molar-refractivity contribution is 4.60. The minimum atomic E-state index is 0.201. The maximum atomic E-state index is 5.58. The molecule has 0 aromatic carbocycles. The fraction of sp³-hybridized carbons (Fsp3) is 1.00. The summed E-state index contributed by atoms with van der Waals surface area (Å²) in [5, 5.41) is 3.32. The van der Waals surface area contributed by atoms with Gasteiger partial charge in [-0.2, -0.15) is 0 Å². The van der Waals surface area contributed by atoms with Gasteiger partial charge in [0.05, 0.1) is 51.8 Å². The third-order valence-corrected chi connectivity index (χ3v) is 2.50. The van der Waals surface area contributed by atoms with Crippen molar-refractivity contribution in [2.24, 2.45) is 0 Å². The van der Waals surface area contributed by atoms with Gasteiger partial charge in [0.25, 0.3) is 0 Å². The molecule has 5 heteroatoms. The van der Waals surface area contributed by atoms with Crippen LogP contribution in [-0.2, 0) is 18.9 Å². The van der Waals surface area contributed by atoms with Crippen LogP contribution < -0.4 is 5.32 Å². The second-order valence-electron chi connectivity index (χ2n) is 4.25. The summed E-state index contributed by atoms with van der Waals surface area (Å²) < 4.78 is 21.9. The molecule has 17 heavy (non-hydrogen) atoms. The molecule has 0 aliphatic carbocycles. The van der Waals surface area contributed by atoms with Gasteiger partial charge in [-0.25, -0.2) is 0 Å². The number of hydrogen-bond acceptors (Lipinski definition) is 5. The van der Waals surface area contributed by atoms with Gasteiger partial charge >= 0.3 is 0 Å². The molecule has 1 N–H and O–H groups in total.